The van der Waals surface area contributed by atoms with Crippen LogP contribution in [0.25, 0.3) is 0 Å². The monoisotopic (exact) mass is 365 g/mol. The van der Waals surface area contributed by atoms with Crippen LogP contribution in [0.2, 0.25) is 0 Å². The van der Waals surface area contributed by atoms with Crippen LogP contribution in [0.5, 0.6) is 0 Å². The summed E-state index contributed by atoms with van der Waals surface area (Å²) in [5.74, 6) is -0.439. The number of unbranched alkanes of at least 4 members (excludes halogenated alkanes) is 1. The highest BCUT2D eigenvalue weighted by atomic mass is 19.1. The van der Waals surface area contributed by atoms with Gasteiger partial charge in [-0.1, -0.05) is 0 Å². The Morgan fingerprint density at radius 3 is 2.42 bits per heavy atom. The maximum Gasteiger partial charge on any atom is 0.305 e. The van der Waals surface area contributed by atoms with Gasteiger partial charge in [0.2, 0.25) is 5.91 Å². The van der Waals surface area contributed by atoms with E-state index in [9.17, 15) is 14.0 Å². The number of halogens is 1. The van der Waals surface area contributed by atoms with Crippen LogP contribution < -0.4 is 10.2 Å². The Morgan fingerprint density at radius 1 is 1.15 bits per heavy atom. The molecule has 26 heavy (non-hydrogen) atoms. The summed E-state index contributed by atoms with van der Waals surface area (Å²) in [6, 6.07) is 6.33. The molecule has 1 heterocycles. The number of hydrogen-bond acceptors (Lipinski definition) is 5. The summed E-state index contributed by atoms with van der Waals surface area (Å²) in [6.07, 6.45) is 1.84. The van der Waals surface area contributed by atoms with Crippen molar-refractivity contribution in [3.8, 4) is 0 Å². The van der Waals surface area contributed by atoms with Gasteiger partial charge >= 0.3 is 5.97 Å². The van der Waals surface area contributed by atoms with Crippen molar-refractivity contribution in [3.05, 3.63) is 30.1 Å². The van der Waals surface area contributed by atoms with Gasteiger partial charge in [0.05, 0.1) is 13.2 Å². The molecule has 1 saturated heterocycles. The molecule has 0 aliphatic carbocycles. The molecule has 1 atom stereocenters. The Morgan fingerprint density at radius 2 is 1.81 bits per heavy atom. The lowest BCUT2D eigenvalue weighted by Crippen LogP contribution is -2.54. The number of hydrogen-bond donors (Lipinski definition) is 1. The van der Waals surface area contributed by atoms with E-state index in [-0.39, 0.29) is 23.7 Å². The van der Waals surface area contributed by atoms with Crippen molar-refractivity contribution in [1.82, 2.24) is 10.2 Å². The first-order valence-electron chi connectivity index (χ1n) is 9.10. The number of methoxy groups -OCH3 is 1. The second-order valence-corrected chi connectivity index (χ2v) is 6.50. The number of benzene rings is 1. The fraction of sp³-hybridized carbons (Fsp3) is 0.579. The summed E-state index contributed by atoms with van der Waals surface area (Å²) in [7, 11) is 1.38. The maximum absolute atomic E-state index is 13.0. The number of esters is 1. The highest BCUT2D eigenvalue weighted by Crippen LogP contribution is 2.17. The Hall–Kier alpha value is -2.15. The maximum atomic E-state index is 13.0. The first-order chi connectivity index (χ1) is 12.5. The molecule has 144 valence electrons. The molecule has 1 aliphatic heterocycles. The van der Waals surface area contributed by atoms with Gasteiger partial charge in [0, 0.05) is 44.8 Å². The molecule has 7 heteroatoms. The van der Waals surface area contributed by atoms with Gasteiger partial charge in [0.1, 0.15) is 5.82 Å². The molecular formula is C19H28FN3O3. The van der Waals surface area contributed by atoms with E-state index in [2.05, 4.69) is 19.9 Å². The van der Waals surface area contributed by atoms with E-state index in [4.69, 9.17) is 0 Å². The second kappa shape index (κ2) is 10.1. The van der Waals surface area contributed by atoms with E-state index >= 15 is 0 Å². The average molecular weight is 365 g/mol. The van der Waals surface area contributed by atoms with Crippen LogP contribution in [0.4, 0.5) is 10.1 Å². The van der Waals surface area contributed by atoms with E-state index < -0.39 is 0 Å². The number of amides is 1. The van der Waals surface area contributed by atoms with Gasteiger partial charge in [-0.25, -0.2) is 4.39 Å². The number of carbonyl (C=O) groups excluding carboxylic acids is 2. The number of anilines is 1. The molecule has 0 spiro atoms. The first kappa shape index (κ1) is 20.2. The summed E-state index contributed by atoms with van der Waals surface area (Å²) < 4.78 is 17.6. The summed E-state index contributed by atoms with van der Waals surface area (Å²) in [6.45, 7) is 5.67. The number of nitrogens with zero attached hydrogens (tertiary/aromatic N) is 2. The van der Waals surface area contributed by atoms with E-state index in [0.29, 0.717) is 19.4 Å². The van der Waals surface area contributed by atoms with Crippen molar-refractivity contribution in [2.45, 2.75) is 32.2 Å². The highest BCUT2D eigenvalue weighted by Gasteiger charge is 2.25. The number of piperazine rings is 1. The van der Waals surface area contributed by atoms with E-state index in [1.807, 2.05) is 6.92 Å². The van der Waals surface area contributed by atoms with Crippen molar-refractivity contribution in [3.63, 3.8) is 0 Å². The second-order valence-electron chi connectivity index (χ2n) is 6.50. The topological polar surface area (TPSA) is 61.9 Å². The molecule has 0 bridgehead atoms. The Labute approximate surface area is 154 Å². The average Bonchev–Trinajstić information content (AvgIpc) is 2.67. The first-order valence-corrected chi connectivity index (χ1v) is 9.10. The van der Waals surface area contributed by atoms with Crippen molar-refractivity contribution in [2.75, 3.05) is 44.7 Å². The van der Waals surface area contributed by atoms with Crippen LogP contribution in [0.15, 0.2) is 24.3 Å². The molecule has 1 amide bonds. The van der Waals surface area contributed by atoms with Crippen LogP contribution in [0.1, 0.15) is 26.2 Å². The number of carbonyl (C=O) groups is 2. The zero-order chi connectivity index (χ0) is 18.9. The van der Waals surface area contributed by atoms with Gasteiger partial charge < -0.3 is 15.0 Å². The predicted octanol–water partition coefficient (Wildman–Crippen LogP) is 1.80. The molecule has 0 saturated carbocycles. The summed E-state index contributed by atoms with van der Waals surface area (Å²) in [4.78, 5) is 27.7. The lowest BCUT2D eigenvalue weighted by Gasteiger charge is -2.38. The van der Waals surface area contributed by atoms with E-state index in [1.54, 1.807) is 12.1 Å². The van der Waals surface area contributed by atoms with Gasteiger partial charge in [-0.05, 0) is 44.0 Å². The quantitative estimate of drug-likeness (QED) is 0.562. The zero-order valence-corrected chi connectivity index (χ0v) is 15.5. The molecule has 0 aromatic heterocycles. The normalized spacial score (nSPS) is 16.2. The molecule has 1 fully saturated rings. The van der Waals surface area contributed by atoms with Crippen LogP contribution >= 0.6 is 0 Å². The largest absolute Gasteiger partial charge is 0.469 e. The molecule has 1 aromatic carbocycles. The van der Waals surface area contributed by atoms with Crippen LogP contribution in [-0.4, -0.2) is 62.7 Å². The molecule has 1 aromatic rings. The molecule has 6 nitrogen and oxygen atoms in total. The van der Waals surface area contributed by atoms with Gasteiger partial charge in [-0.15, -0.1) is 0 Å². The van der Waals surface area contributed by atoms with Crippen LogP contribution in [0.3, 0.4) is 0 Å². The summed E-state index contributed by atoms with van der Waals surface area (Å²) >= 11 is 0. The SMILES string of the molecule is COC(=O)CCCCNC(=O)C(C)N1CCN(c2ccc(F)cc2)CC1. The standard InChI is InChI=1S/C19H28FN3O3/c1-15(19(25)21-10-4-3-5-18(24)26-2)22-11-13-23(14-12-22)17-8-6-16(20)7-9-17/h6-9,15H,3-5,10-14H2,1-2H3,(H,21,25). The van der Waals surface area contributed by atoms with Crippen molar-refractivity contribution >= 4 is 17.6 Å². The van der Waals surface area contributed by atoms with Crippen molar-refractivity contribution in [2.24, 2.45) is 0 Å². The van der Waals surface area contributed by atoms with Crippen LogP contribution in [0, 0.1) is 5.82 Å². The molecular weight excluding hydrogens is 337 g/mol. The molecule has 0 radical (unpaired) electrons. The van der Waals surface area contributed by atoms with Gasteiger partial charge in [0.15, 0.2) is 0 Å². The third-order valence-electron chi connectivity index (χ3n) is 4.77. The Kier molecular flexibility index (Phi) is 7.84. The lowest BCUT2D eigenvalue weighted by atomic mass is 10.2. The molecule has 1 aliphatic rings. The minimum atomic E-state index is -0.232. The minimum Gasteiger partial charge on any atom is -0.469 e. The highest BCUT2D eigenvalue weighted by molar-refractivity contribution is 5.81. The predicted molar refractivity (Wildman–Crippen MR) is 98.5 cm³/mol. The van der Waals surface area contributed by atoms with Gasteiger partial charge in [-0.3, -0.25) is 14.5 Å². The summed E-state index contributed by atoms with van der Waals surface area (Å²) in [5.41, 5.74) is 1.01. The third kappa shape index (κ3) is 5.98. The fourth-order valence-corrected chi connectivity index (χ4v) is 3.04. The van der Waals surface area contributed by atoms with Gasteiger partial charge in [-0.2, -0.15) is 0 Å². The van der Waals surface area contributed by atoms with Crippen LogP contribution in [-0.2, 0) is 14.3 Å². The minimum absolute atomic E-state index is 0.0123. The number of rotatable bonds is 8. The third-order valence-corrected chi connectivity index (χ3v) is 4.77. The molecule has 1 N–H and O–H groups in total. The smallest absolute Gasteiger partial charge is 0.305 e. The molecule has 2 rings (SSSR count). The Balaban J connectivity index is 1.68. The lowest BCUT2D eigenvalue weighted by molar-refractivity contribution is -0.140. The fourth-order valence-electron chi connectivity index (χ4n) is 3.04. The van der Waals surface area contributed by atoms with Gasteiger partial charge in [0.25, 0.3) is 0 Å². The van der Waals surface area contributed by atoms with E-state index in [1.165, 1.54) is 19.2 Å². The molecule has 1 unspecified atom stereocenters. The van der Waals surface area contributed by atoms with Crippen molar-refractivity contribution < 1.29 is 18.7 Å². The number of nitrogens with one attached hydrogen (secondary N) is 1. The summed E-state index contributed by atoms with van der Waals surface area (Å²) in [5, 5.41) is 2.93. The number of ether oxygens (including phenoxy) is 1. The van der Waals surface area contributed by atoms with Crippen molar-refractivity contribution in [1.29, 1.82) is 0 Å². The Bertz CT molecular complexity index is 586. The van der Waals surface area contributed by atoms with E-state index in [0.717, 1.165) is 38.3 Å². The zero-order valence-electron chi connectivity index (χ0n) is 15.5.